The Kier molecular flexibility index (Phi) is 6.25. The van der Waals surface area contributed by atoms with Crippen LogP contribution in [0.4, 0.5) is 11.4 Å². The number of amides is 1. The second-order valence-electron chi connectivity index (χ2n) is 7.80. The lowest BCUT2D eigenvalue weighted by Crippen LogP contribution is -2.49. The number of hydrogen-bond donors (Lipinski definition) is 0. The van der Waals surface area contributed by atoms with Crippen LogP contribution in [-0.4, -0.2) is 56.4 Å². The van der Waals surface area contributed by atoms with E-state index in [-0.39, 0.29) is 11.5 Å². The van der Waals surface area contributed by atoms with Gasteiger partial charge in [0.2, 0.25) is 0 Å². The number of benzene rings is 2. The first kappa shape index (κ1) is 21.6. The molecule has 2 aromatic carbocycles. The number of rotatable bonds is 6. The van der Waals surface area contributed by atoms with Crippen molar-refractivity contribution >= 4 is 34.5 Å². The second kappa shape index (κ2) is 9.26. The molecule has 0 unspecified atom stereocenters. The van der Waals surface area contributed by atoms with Gasteiger partial charge in [0.25, 0.3) is 5.91 Å². The average Bonchev–Trinajstić information content (AvgIpc) is 2.84. The molecule has 1 amide bonds. The van der Waals surface area contributed by atoms with Gasteiger partial charge in [0.15, 0.2) is 6.29 Å². The van der Waals surface area contributed by atoms with E-state index in [0.29, 0.717) is 37.3 Å². The number of anilines is 2. The first-order chi connectivity index (χ1) is 15.5. The van der Waals surface area contributed by atoms with Crippen LogP contribution in [0.15, 0.2) is 57.7 Å². The molecule has 1 aromatic heterocycles. The van der Waals surface area contributed by atoms with Gasteiger partial charge in [-0.2, -0.15) is 0 Å². The average molecular weight is 434 g/mol. The Hall–Kier alpha value is -3.61. The lowest BCUT2D eigenvalue weighted by Gasteiger charge is -2.36. The van der Waals surface area contributed by atoms with Crippen molar-refractivity contribution in [2.24, 2.45) is 0 Å². The van der Waals surface area contributed by atoms with E-state index in [4.69, 9.17) is 4.42 Å². The monoisotopic (exact) mass is 433 g/mol. The summed E-state index contributed by atoms with van der Waals surface area (Å²) in [7, 11) is 0. The number of aldehydes is 1. The first-order valence-electron chi connectivity index (χ1n) is 11.0. The predicted octanol–water partition coefficient (Wildman–Crippen LogP) is 3.41. The molecule has 0 bridgehead atoms. The van der Waals surface area contributed by atoms with Crippen molar-refractivity contribution in [2.45, 2.75) is 13.8 Å². The molecule has 4 rings (SSSR count). The minimum absolute atomic E-state index is 0.0508. The molecule has 1 fully saturated rings. The van der Waals surface area contributed by atoms with E-state index in [1.54, 1.807) is 17.0 Å². The molecule has 0 saturated carbocycles. The first-order valence-corrected chi connectivity index (χ1v) is 11.0. The summed E-state index contributed by atoms with van der Waals surface area (Å²) < 4.78 is 5.53. The molecule has 7 heteroatoms. The third kappa shape index (κ3) is 4.10. The van der Waals surface area contributed by atoms with Crippen molar-refractivity contribution in [1.29, 1.82) is 0 Å². The van der Waals surface area contributed by atoms with Crippen LogP contribution in [0, 0.1) is 0 Å². The molecular formula is C25H27N3O4. The maximum absolute atomic E-state index is 13.1. The van der Waals surface area contributed by atoms with Gasteiger partial charge in [-0.25, -0.2) is 4.79 Å². The van der Waals surface area contributed by atoms with Gasteiger partial charge in [0.1, 0.15) is 11.1 Å². The number of carbonyl (C=O) groups is 2. The molecule has 7 nitrogen and oxygen atoms in total. The smallest absolute Gasteiger partial charge is 0.349 e. The normalized spacial score (nSPS) is 13.9. The molecule has 1 saturated heterocycles. The Morgan fingerprint density at radius 1 is 1.03 bits per heavy atom. The Morgan fingerprint density at radius 3 is 2.44 bits per heavy atom. The summed E-state index contributed by atoms with van der Waals surface area (Å²) in [6.07, 6.45) is 0.846. The summed E-state index contributed by atoms with van der Waals surface area (Å²) in [6, 6.07) is 14.8. The van der Waals surface area contributed by atoms with Gasteiger partial charge >= 0.3 is 5.63 Å². The SMILES string of the molecule is CCN(CC)c1ccc2cc(C(=O)N3CCN(c4ccccc4C=O)CC3)c(=O)oc2c1. The van der Waals surface area contributed by atoms with Crippen molar-refractivity contribution in [3.8, 4) is 0 Å². The molecule has 0 aliphatic carbocycles. The second-order valence-corrected chi connectivity index (χ2v) is 7.80. The Morgan fingerprint density at radius 2 is 1.75 bits per heavy atom. The summed E-state index contributed by atoms with van der Waals surface area (Å²) in [5.74, 6) is -0.322. The zero-order valence-corrected chi connectivity index (χ0v) is 18.4. The maximum Gasteiger partial charge on any atom is 0.349 e. The van der Waals surface area contributed by atoms with Crippen LogP contribution in [-0.2, 0) is 0 Å². The highest BCUT2D eigenvalue weighted by molar-refractivity contribution is 5.97. The van der Waals surface area contributed by atoms with Crippen molar-refractivity contribution in [3.63, 3.8) is 0 Å². The summed E-state index contributed by atoms with van der Waals surface area (Å²) >= 11 is 0. The van der Waals surface area contributed by atoms with Crippen molar-refractivity contribution < 1.29 is 14.0 Å². The van der Waals surface area contributed by atoms with Crippen molar-refractivity contribution in [1.82, 2.24) is 4.90 Å². The van der Waals surface area contributed by atoms with E-state index in [0.717, 1.165) is 36.1 Å². The number of para-hydroxylation sites is 1. The minimum atomic E-state index is -0.618. The summed E-state index contributed by atoms with van der Waals surface area (Å²) in [5, 5.41) is 0.724. The van der Waals surface area contributed by atoms with Crippen molar-refractivity contribution in [2.75, 3.05) is 49.1 Å². The fraction of sp³-hybridized carbons (Fsp3) is 0.320. The van der Waals surface area contributed by atoms with Crippen LogP contribution in [0.2, 0.25) is 0 Å². The summed E-state index contributed by atoms with van der Waals surface area (Å²) in [4.78, 5) is 43.0. The van der Waals surface area contributed by atoms with Crippen LogP contribution >= 0.6 is 0 Å². The molecule has 3 aromatic rings. The van der Waals surface area contributed by atoms with Crippen molar-refractivity contribution in [3.05, 3.63) is 70.1 Å². The Labute approximate surface area is 186 Å². The quantitative estimate of drug-likeness (QED) is 0.438. The highest BCUT2D eigenvalue weighted by atomic mass is 16.4. The maximum atomic E-state index is 13.1. The van der Waals surface area contributed by atoms with Gasteiger partial charge in [-0.15, -0.1) is 0 Å². The molecule has 32 heavy (non-hydrogen) atoms. The van der Waals surface area contributed by atoms with Gasteiger partial charge in [0, 0.05) is 67.7 Å². The molecule has 1 aliphatic heterocycles. The summed E-state index contributed by atoms with van der Waals surface area (Å²) in [6.45, 7) is 7.95. The predicted molar refractivity (Wildman–Crippen MR) is 126 cm³/mol. The van der Waals surface area contributed by atoms with Gasteiger partial charge < -0.3 is 19.1 Å². The van der Waals surface area contributed by atoms with Gasteiger partial charge in [-0.05, 0) is 44.2 Å². The molecule has 2 heterocycles. The van der Waals surface area contributed by atoms with Crippen LogP contribution in [0.1, 0.15) is 34.6 Å². The fourth-order valence-corrected chi connectivity index (χ4v) is 4.23. The minimum Gasteiger partial charge on any atom is -0.422 e. The largest absolute Gasteiger partial charge is 0.422 e. The number of hydrogen-bond acceptors (Lipinski definition) is 6. The van der Waals surface area contributed by atoms with E-state index in [1.807, 2.05) is 36.4 Å². The van der Waals surface area contributed by atoms with Crippen LogP contribution in [0.5, 0.6) is 0 Å². The number of piperazine rings is 1. The van der Waals surface area contributed by atoms with Crippen LogP contribution in [0.25, 0.3) is 11.0 Å². The van der Waals surface area contributed by atoms with E-state index in [2.05, 4.69) is 23.6 Å². The lowest BCUT2D eigenvalue weighted by atomic mass is 10.1. The zero-order chi connectivity index (χ0) is 22.7. The molecule has 0 radical (unpaired) electrons. The lowest BCUT2D eigenvalue weighted by molar-refractivity contribution is 0.0742. The fourth-order valence-electron chi connectivity index (χ4n) is 4.23. The van der Waals surface area contributed by atoms with Crippen LogP contribution in [0.3, 0.4) is 0 Å². The summed E-state index contributed by atoms with van der Waals surface area (Å²) in [5.41, 5.74) is 2.39. The van der Waals surface area contributed by atoms with Gasteiger partial charge in [0.05, 0.1) is 0 Å². The van der Waals surface area contributed by atoms with Gasteiger partial charge in [-0.3, -0.25) is 9.59 Å². The topological polar surface area (TPSA) is 74.1 Å². The van der Waals surface area contributed by atoms with E-state index >= 15 is 0 Å². The standard InChI is InChI=1S/C25H27N3O4/c1-3-26(4-2)20-10-9-18-15-21(25(31)32-23(18)16-20)24(30)28-13-11-27(12-14-28)22-8-6-5-7-19(22)17-29/h5-10,15-17H,3-4,11-14H2,1-2H3. The van der Waals surface area contributed by atoms with E-state index in [1.165, 1.54) is 0 Å². The van der Waals surface area contributed by atoms with E-state index in [9.17, 15) is 14.4 Å². The van der Waals surface area contributed by atoms with Crippen LogP contribution < -0.4 is 15.4 Å². The number of carbonyl (C=O) groups excluding carboxylic acids is 2. The highest BCUT2D eigenvalue weighted by Gasteiger charge is 2.26. The van der Waals surface area contributed by atoms with Gasteiger partial charge in [-0.1, -0.05) is 12.1 Å². The number of nitrogens with zero attached hydrogens (tertiary/aromatic N) is 3. The van der Waals surface area contributed by atoms with E-state index < -0.39 is 5.63 Å². The zero-order valence-electron chi connectivity index (χ0n) is 18.4. The highest BCUT2D eigenvalue weighted by Crippen LogP contribution is 2.23. The molecular weight excluding hydrogens is 406 g/mol. The molecule has 0 atom stereocenters. The Balaban J connectivity index is 1.53. The Bertz CT molecular complexity index is 1190. The molecule has 0 spiro atoms. The molecule has 166 valence electrons. The third-order valence-corrected chi connectivity index (χ3v) is 6.05. The third-order valence-electron chi connectivity index (χ3n) is 6.05. The molecule has 1 aliphatic rings. The molecule has 0 N–H and O–H groups in total. The number of fused-ring (bicyclic) bond motifs is 1.